The Bertz CT molecular complexity index is 754. The van der Waals surface area contributed by atoms with Gasteiger partial charge in [-0.3, -0.25) is 9.59 Å². The van der Waals surface area contributed by atoms with Gasteiger partial charge in [0.25, 0.3) is 0 Å². The Kier molecular flexibility index (Phi) is 8.29. The molecule has 3 rings (SSSR count). The predicted octanol–water partition coefficient (Wildman–Crippen LogP) is 5.10. The third kappa shape index (κ3) is 6.43. The lowest BCUT2D eigenvalue weighted by Gasteiger charge is -2.29. The summed E-state index contributed by atoms with van der Waals surface area (Å²) in [6.07, 6.45) is 6.16. The molecular weight excluding hydrogens is 380 g/mol. The van der Waals surface area contributed by atoms with Gasteiger partial charge in [-0.15, -0.1) is 11.3 Å². The first kappa shape index (κ1) is 21.6. The molecule has 29 heavy (non-hydrogen) atoms. The predicted molar refractivity (Wildman–Crippen MR) is 118 cm³/mol. The molecule has 0 aliphatic heterocycles. The Morgan fingerprint density at radius 2 is 1.76 bits per heavy atom. The zero-order valence-corrected chi connectivity index (χ0v) is 18.2. The second-order valence-corrected chi connectivity index (χ2v) is 8.94. The zero-order chi connectivity index (χ0) is 20.5. The minimum absolute atomic E-state index is 0.0321. The van der Waals surface area contributed by atoms with Crippen molar-refractivity contribution in [3.8, 4) is 0 Å². The number of nitrogens with zero attached hydrogens (tertiary/aromatic N) is 2. The maximum absolute atomic E-state index is 13.3. The average molecular weight is 413 g/mol. The second kappa shape index (κ2) is 11.1. The molecule has 1 saturated carbocycles. The summed E-state index contributed by atoms with van der Waals surface area (Å²) < 4.78 is 0. The molecule has 1 aliphatic rings. The lowest BCUT2D eigenvalue weighted by atomic mass is 10.1. The van der Waals surface area contributed by atoms with E-state index in [-0.39, 0.29) is 24.3 Å². The van der Waals surface area contributed by atoms with E-state index in [2.05, 4.69) is 13.0 Å². The van der Waals surface area contributed by atoms with Crippen molar-refractivity contribution in [3.63, 3.8) is 0 Å². The fourth-order valence-corrected chi connectivity index (χ4v) is 4.66. The van der Waals surface area contributed by atoms with Crippen LogP contribution in [0.4, 0.5) is 0 Å². The third-order valence-corrected chi connectivity index (χ3v) is 6.48. The van der Waals surface area contributed by atoms with Gasteiger partial charge in [-0.25, -0.2) is 0 Å². The summed E-state index contributed by atoms with van der Waals surface area (Å²) in [5, 5.41) is 2.04. The molecule has 1 aromatic heterocycles. The second-order valence-electron chi connectivity index (χ2n) is 7.91. The van der Waals surface area contributed by atoms with E-state index in [1.165, 1.54) is 0 Å². The molecule has 0 N–H and O–H groups in total. The number of hydrogen-bond donors (Lipinski definition) is 0. The largest absolute Gasteiger partial charge is 0.333 e. The number of unbranched alkanes of at least 4 members (excludes halogenated alkanes) is 1. The molecule has 1 aliphatic carbocycles. The topological polar surface area (TPSA) is 40.6 Å². The van der Waals surface area contributed by atoms with Crippen LogP contribution in [-0.4, -0.2) is 34.7 Å². The van der Waals surface area contributed by atoms with E-state index in [4.69, 9.17) is 0 Å². The molecule has 0 bridgehead atoms. The van der Waals surface area contributed by atoms with Crippen LogP contribution in [0, 0.1) is 5.92 Å². The first-order chi connectivity index (χ1) is 14.2. The number of rotatable bonds is 10. The Hall–Kier alpha value is -2.14. The lowest BCUT2D eigenvalue weighted by molar-refractivity contribution is -0.143. The Morgan fingerprint density at radius 1 is 1.00 bits per heavy atom. The highest BCUT2D eigenvalue weighted by atomic mass is 32.1. The molecule has 156 valence electrons. The fraction of sp³-hybridized carbons (Fsp3) is 0.500. The molecule has 5 heteroatoms. The molecule has 0 atom stereocenters. The van der Waals surface area contributed by atoms with Crippen LogP contribution in [0.15, 0.2) is 47.8 Å². The number of amides is 2. The summed E-state index contributed by atoms with van der Waals surface area (Å²) in [5.41, 5.74) is 1.11. The number of carbonyl (C=O) groups is 2. The minimum Gasteiger partial charge on any atom is -0.333 e. The number of thiophene rings is 1. The maximum atomic E-state index is 13.3. The van der Waals surface area contributed by atoms with Gasteiger partial charge in [0.05, 0.1) is 13.1 Å². The Balaban J connectivity index is 1.71. The van der Waals surface area contributed by atoms with E-state index in [0.29, 0.717) is 19.6 Å². The highest BCUT2D eigenvalue weighted by Crippen LogP contribution is 2.27. The summed E-state index contributed by atoms with van der Waals surface area (Å²) in [4.78, 5) is 31.2. The summed E-state index contributed by atoms with van der Waals surface area (Å²) in [5.74, 6) is 0.323. The van der Waals surface area contributed by atoms with E-state index in [1.807, 2.05) is 51.6 Å². The first-order valence-electron chi connectivity index (χ1n) is 10.8. The van der Waals surface area contributed by atoms with Crippen molar-refractivity contribution in [2.24, 2.45) is 5.92 Å². The van der Waals surface area contributed by atoms with Crippen LogP contribution in [0.25, 0.3) is 0 Å². The van der Waals surface area contributed by atoms with E-state index in [0.717, 1.165) is 49.0 Å². The van der Waals surface area contributed by atoms with Gasteiger partial charge in [0.2, 0.25) is 11.8 Å². The molecule has 1 fully saturated rings. The van der Waals surface area contributed by atoms with Gasteiger partial charge in [0, 0.05) is 23.9 Å². The quantitative estimate of drug-likeness (QED) is 0.545. The normalized spacial score (nSPS) is 14.1. The summed E-state index contributed by atoms with van der Waals surface area (Å²) in [7, 11) is 0. The van der Waals surface area contributed by atoms with E-state index >= 15 is 0 Å². The minimum atomic E-state index is 0.0321. The highest BCUT2D eigenvalue weighted by Gasteiger charge is 2.29. The molecule has 1 aromatic carbocycles. The van der Waals surface area contributed by atoms with Gasteiger partial charge >= 0.3 is 0 Å². The van der Waals surface area contributed by atoms with E-state index < -0.39 is 0 Å². The number of hydrogen-bond acceptors (Lipinski definition) is 3. The van der Waals surface area contributed by atoms with E-state index in [9.17, 15) is 9.59 Å². The Morgan fingerprint density at radius 3 is 2.41 bits per heavy atom. The van der Waals surface area contributed by atoms with Gasteiger partial charge in [-0.05, 0) is 36.3 Å². The molecule has 2 aromatic rings. The average Bonchev–Trinajstić information content (AvgIpc) is 3.45. The van der Waals surface area contributed by atoms with E-state index in [1.54, 1.807) is 11.3 Å². The van der Waals surface area contributed by atoms with Crippen molar-refractivity contribution in [3.05, 3.63) is 58.3 Å². The van der Waals surface area contributed by atoms with Crippen molar-refractivity contribution < 1.29 is 9.59 Å². The van der Waals surface area contributed by atoms with Crippen LogP contribution in [-0.2, 0) is 22.7 Å². The SMILES string of the molecule is CCCCN(CC(=O)N(Cc1ccccc1)Cc1cccs1)C(=O)C1CCCC1. The molecule has 0 saturated heterocycles. The number of carbonyl (C=O) groups excluding carboxylic acids is 2. The lowest BCUT2D eigenvalue weighted by Crippen LogP contribution is -2.44. The first-order valence-corrected chi connectivity index (χ1v) is 11.7. The highest BCUT2D eigenvalue weighted by molar-refractivity contribution is 7.09. The van der Waals surface area contributed by atoms with Gasteiger partial charge in [0.1, 0.15) is 0 Å². The molecular formula is C24H32N2O2S. The van der Waals surface area contributed by atoms with Crippen molar-refractivity contribution in [2.45, 2.75) is 58.5 Å². The van der Waals surface area contributed by atoms with Crippen LogP contribution in [0.5, 0.6) is 0 Å². The molecule has 1 heterocycles. The van der Waals surface area contributed by atoms with Gasteiger partial charge in [0.15, 0.2) is 0 Å². The van der Waals surface area contributed by atoms with Crippen molar-refractivity contribution in [1.82, 2.24) is 9.80 Å². The zero-order valence-electron chi connectivity index (χ0n) is 17.4. The fourth-order valence-electron chi connectivity index (χ4n) is 3.94. The van der Waals surface area contributed by atoms with Crippen LogP contribution in [0.3, 0.4) is 0 Å². The third-order valence-electron chi connectivity index (χ3n) is 5.62. The van der Waals surface area contributed by atoms with Crippen LogP contribution >= 0.6 is 11.3 Å². The van der Waals surface area contributed by atoms with Crippen LogP contribution < -0.4 is 0 Å². The van der Waals surface area contributed by atoms with Crippen molar-refractivity contribution in [1.29, 1.82) is 0 Å². The number of benzene rings is 1. The standard InChI is InChI=1S/C24H32N2O2S/c1-2-3-15-25(24(28)21-12-7-8-13-21)19-23(27)26(18-22-14-9-16-29-22)17-20-10-5-4-6-11-20/h4-6,9-11,14,16,21H,2-3,7-8,12-13,15,17-19H2,1H3. The van der Waals surface area contributed by atoms with Crippen LogP contribution in [0.2, 0.25) is 0 Å². The van der Waals surface area contributed by atoms with Crippen LogP contribution in [0.1, 0.15) is 55.9 Å². The summed E-state index contributed by atoms with van der Waals surface area (Å²) >= 11 is 1.66. The summed E-state index contributed by atoms with van der Waals surface area (Å²) in [6.45, 7) is 4.14. The summed E-state index contributed by atoms with van der Waals surface area (Å²) in [6, 6.07) is 14.2. The van der Waals surface area contributed by atoms with Gasteiger partial charge in [-0.1, -0.05) is 62.6 Å². The molecule has 0 radical (unpaired) electrons. The van der Waals surface area contributed by atoms with Gasteiger partial charge in [-0.2, -0.15) is 0 Å². The maximum Gasteiger partial charge on any atom is 0.242 e. The smallest absolute Gasteiger partial charge is 0.242 e. The van der Waals surface area contributed by atoms with Crippen molar-refractivity contribution >= 4 is 23.2 Å². The van der Waals surface area contributed by atoms with Crippen molar-refractivity contribution in [2.75, 3.05) is 13.1 Å². The molecule has 4 nitrogen and oxygen atoms in total. The van der Waals surface area contributed by atoms with Gasteiger partial charge < -0.3 is 9.80 Å². The molecule has 0 unspecified atom stereocenters. The Labute approximate surface area is 178 Å². The monoisotopic (exact) mass is 412 g/mol. The molecule has 2 amide bonds. The molecule has 0 spiro atoms.